The van der Waals surface area contributed by atoms with Crippen LogP contribution in [-0.2, 0) is 9.63 Å². The molecule has 0 spiro atoms. The molecule has 5 N–H and O–H groups in total. The van der Waals surface area contributed by atoms with Gasteiger partial charge < -0.3 is 16.4 Å². The zero-order valence-corrected chi connectivity index (χ0v) is 22.0. The second-order valence-electron chi connectivity index (χ2n) is 9.32. The van der Waals surface area contributed by atoms with E-state index in [1.54, 1.807) is 13.0 Å². The van der Waals surface area contributed by atoms with E-state index in [0.29, 0.717) is 24.9 Å². The molecule has 0 unspecified atom stereocenters. The van der Waals surface area contributed by atoms with Crippen LogP contribution in [0.2, 0.25) is 0 Å². The highest BCUT2D eigenvalue weighted by Gasteiger charge is 2.20. The topological polar surface area (TPSA) is 105 Å². The monoisotopic (exact) mass is 536 g/mol. The third kappa shape index (κ3) is 11.5. The van der Waals surface area contributed by atoms with Crippen LogP contribution in [0.1, 0.15) is 80.1 Å². The molecular weight excluding hydrogens is 497 g/mol. The summed E-state index contributed by atoms with van der Waals surface area (Å²) in [4.78, 5) is 28.4. The van der Waals surface area contributed by atoms with Crippen molar-refractivity contribution in [1.82, 2.24) is 10.8 Å². The van der Waals surface area contributed by atoms with Gasteiger partial charge in [-0.15, -0.1) is 0 Å². The van der Waals surface area contributed by atoms with Gasteiger partial charge in [0.05, 0.1) is 23.5 Å². The number of benzene rings is 2. The lowest BCUT2D eigenvalue weighted by atomic mass is 10.1. The number of hydroxylamine groups is 1. The summed E-state index contributed by atoms with van der Waals surface area (Å²) in [6.07, 6.45) is 9.98. The highest BCUT2D eigenvalue weighted by Crippen LogP contribution is 2.28. The lowest BCUT2D eigenvalue weighted by molar-refractivity contribution is -0.118. The Morgan fingerprint density at radius 1 is 0.842 bits per heavy atom. The molecule has 0 atom stereocenters. The molecule has 2 aromatic rings. The summed E-state index contributed by atoms with van der Waals surface area (Å²) in [5, 5.41) is 5.80. The van der Waals surface area contributed by atoms with E-state index in [-0.39, 0.29) is 23.8 Å². The number of aryl methyl sites for hydroxylation is 1. The number of primary amides is 1. The number of nitrogens with one attached hydrogen (secondary N) is 3. The van der Waals surface area contributed by atoms with Crippen LogP contribution < -0.4 is 21.8 Å². The summed E-state index contributed by atoms with van der Waals surface area (Å²) in [6, 6.07) is 6.18. The average Bonchev–Trinajstić information content (AvgIpc) is 2.87. The van der Waals surface area contributed by atoms with E-state index in [1.807, 2.05) is 0 Å². The number of anilines is 2. The summed E-state index contributed by atoms with van der Waals surface area (Å²) in [5.41, 5.74) is 7.24. The SMILES string of the molecule is Cc1ccc(Nc2c(C(=O)NOCCCNCCCCCCCCCCC(N)=O)ccc(F)c2F)c(F)c1. The second kappa shape index (κ2) is 17.4. The Labute approximate surface area is 222 Å². The van der Waals surface area contributed by atoms with Crippen molar-refractivity contribution < 1.29 is 27.6 Å². The smallest absolute Gasteiger partial charge is 0.277 e. The van der Waals surface area contributed by atoms with E-state index in [4.69, 9.17) is 10.6 Å². The molecule has 0 saturated carbocycles. The molecular formula is C28H39F3N4O3. The first-order valence-electron chi connectivity index (χ1n) is 13.2. The van der Waals surface area contributed by atoms with Crippen LogP contribution >= 0.6 is 0 Å². The van der Waals surface area contributed by atoms with Crippen molar-refractivity contribution in [2.24, 2.45) is 5.73 Å². The van der Waals surface area contributed by atoms with E-state index in [2.05, 4.69) is 16.1 Å². The Balaban J connectivity index is 1.60. The molecule has 0 aliphatic heterocycles. The number of halogens is 3. The first kappa shape index (κ1) is 31.1. The largest absolute Gasteiger partial charge is 0.370 e. The summed E-state index contributed by atoms with van der Waals surface area (Å²) < 4.78 is 42.5. The van der Waals surface area contributed by atoms with E-state index >= 15 is 0 Å². The normalized spacial score (nSPS) is 10.9. The number of carbonyl (C=O) groups excluding carboxylic acids is 2. The van der Waals surface area contributed by atoms with Gasteiger partial charge in [-0.3, -0.25) is 14.4 Å². The van der Waals surface area contributed by atoms with E-state index in [9.17, 15) is 22.8 Å². The van der Waals surface area contributed by atoms with Crippen molar-refractivity contribution in [3.8, 4) is 0 Å². The summed E-state index contributed by atoms with van der Waals surface area (Å²) in [5.74, 6) is -4.12. The summed E-state index contributed by atoms with van der Waals surface area (Å²) >= 11 is 0. The molecule has 0 radical (unpaired) electrons. The zero-order chi connectivity index (χ0) is 27.8. The molecule has 0 aromatic heterocycles. The third-order valence-electron chi connectivity index (χ3n) is 6.02. The quantitative estimate of drug-likeness (QED) is 0.134. The van der Waals surface area contributed by atoms with Crippen molar-refractivity contribution in [3.63, 3.8) is 0 Å². The Bertz CT molecular complexity index is 1040. The van der Waals surface area contributed by atoms with Gasteiger partial charge >= 0.3 is 0 Å². The summed E-state index contributed by atoms with van der Waals surface area (Å²) in [6.45, 7) is 3.53. The molecule has 210 valence electrons. The molecule has 0 bridgehead atoms. The fourth-order valence-electron chi connectivity index (χ4n) is 3.89. The molecule has 38 heavy (non-hydrogen) atoms. The number of hydrogen-bond acceptors (Lipinski definition) is 5. The van der Waals surface area contributed by atoms with Gasteiger partial charge in [0.1, 0.15) is 5.82 Å². The van der Waals surface area contributed by atoms with Crippen molar-refractivity contribution in [1.29, 1.82) is 0 Å². The summed E-state index contributed by atoms with van der Waals surface area (Å²) in [7, 11) is 0. The standard InChI is InChI=1S/C28H39F3N4O3/c1-20-12-15-24(23(30)19-20)34-27-21(13-14-22(29)26(27)31)28(37)35-38-18-10-17-33-16-9-7-5-3-2-4-6-8-11-25(32)36/h12-15,19,33-34H,2-11,16-18H2,1H3,(H2,32,36)(H,35,37). The number of unbranched alkanes of at least 4 members (excludes halogenated alkanes) is 7. The van der Waals surface area contributed by atoms with Crippen molar-refractivity contribution in [2.45, 2.75) is 71.1 Å². The minimum atomic E-state index is -1.29. The molecule has 10 heteroatoms. The maximum atomic E-state index is 14.5. The highest BCUT2D eigenvalue weighted by molar-refractivity contribution is 6.00. The number of nitrogens with two attached hydrogens (primary N) is 1. The van der Waals surface area contributed by atoms with Crippen LogP contribution in [0.3, 0.4) is 0 Å². The Hall–Kier alpha value is -3.11. The first-order chi connectivity index (χ1) is 18.3. The van der Waals surface area contributed by atoms with Crippen LogP contribution in [0.4, 0.5) is 24.5 Å². The number of hydrogen-bond donors (Lipinski definition) is 4. The lowest BCUT2D eigenvalue weighted by Crippen LogP contribution is -2.27. The maximum absolute atomic E-state index is 14.5. The second-order valence-corrected chi connectivity index (χ2v) is 9.32. The maximum Gasteiger partial charge on any atom is 0.277 e. The highest BCUT2D eigenvalue weighted by atomic mass is 19.2. The van der Waals surface area contributed by atoms with Crippen molar-refractivity contribution >= 4 is 23.2 Å². The van der Waals surface area contributed by atoms with Crippen LogP contribution in [0, 0.1) is 24.4 Å². The van der Waals surface area contributed by atoms with Crippen LogP contribution in [-0.4, -0.2) is 31.5 Å². The fraction of sp³-hybridized carbons (Fsp3) is 0.500. The number of rotatable bonds is 19. The number of carbonyl (C=O) groups is 2. The molecule has 0 saturated heterocycles. The lowest BCUT2D eigenvalue weighted by Gasteiger charge is -2.14. The molecule has 0 fully saturated rings. The minimum Gasteiger partial charge on any atom is -0.370 e. The third-order valence-corrected chi connectivity index (χ3v) is 6.02. The van der Waals surface area contributed by atoms with Gasteiger partial charge in [0.2, 0.25) is 5.91 Å². The van der Waals surface area contributed by atoms with Crippen LogP contribution in [0.5, 0.6) is 0 Å². The van der Waals surface area contributed by atoms with Crippen LogP contribution in [0.15, 0.2) is 30.3 Å². The minimum absolute atomic E-state index is 0.0850. The van der Waals surface area contributed by atoms with Crippen molar-refractivity contribution in [2.75, 3.05) is 25.0 Å². The Kier molecular flexibility index (Phi) is 14.3. The molecule has 0 heterocycles. The molecule has 2 aromatic carbocycles. The van der Waals surface area contributed by atoms with Gasteiger partial charge in [0.15, 0.2) is 11.6 Å². The number of amides is 2. The van der Waals surface area contributed by atoms with Gasteiger partial charge in [0, 0.05) is 6.42 Å². The van der Waals surface area contributed by atoms with Gasteiger partial charge in [0.25, 0.3) is 5.91 Å². The molecule has 7 nitrogen and oxygen atoms in total. The average molecular weight is 537 g/mol. The first-order valence-corrected chi connectivity index (χ1v) is 13.2. The molecule has 0 aliphatic rings. The molecule has 2 amide bonds. The van der Waals surface area contributed by atoms with Gasteiger partial charge in [-0.25, -0.2) is 18.7 Å². The Morgan fingerprint density at radius 3 is 2.18 bits per heavy atom. The van der Waals surface area contributed by atoms with E-state index < -0.39 is 29.0 Å². The predicted molar refractivity (Wildman–Crippen MR) is 142 cm³/mol. The predicted octanol–water partition coefficient (Wildman–Crippen LogP) is 5.79. The van der Waals surface area contributed by atoms with Crippen LogP contribution in [0.25, 0.3) is 0 Å². The van der Waals surface area contributed by atoms with Gasteiger partial charge in [-0.05, 0) is 69.1 Å². The molecule has 0 aliphatic carbocycles. The molecule has 2 rings (SSSR count). The van der Waals surface area contributed by atoms with E-state index in [0.717, 1.165) is 50.8 Å². The van der Waals surface area contributed by atoms with Gasteiger partial charge in [-0.1, -0.05) is 44.6 Å². The Morgan fingerprint density at radius 2 is 1.50 bits per heavy atom. The zero-order valence-electron chi connectivity index (χ0n) is 22.0. The fourth-order valence-corrected chi connectivity index (χ4v) is 3.89. The van der Waals surface area contributed by atoms with Gasteiger partial charge in [-0.2, -0.15) is 0 Å². The van der Waals surface area contributed by atoms with E-state index in [1.165, 1.54) is 31.4 Å². The van der Waals surface area contributed by atoms with Crippen molar-refractivity contribution in [3.05, 3.63) is 58.9 Å².